The van der Waals surface area contributed by atoms with Gasteiger partial charge in [0.15, 0.2) is 6.29 Å². The van der Waals surface area contributed by atoms with Crippen LogP contribution >= 0.6 is 12.6 Å². The highest BCUT2D eigenvalue weighted by molar-refractivity contribution is 7.81. The smallest absolute Gasteiger partial charge is 0.160 e. The number of thiol groups is 1. The number of ether oxygens (including phenoxy) is 2. The summed E-state index contributed by atoms with van der Waals surface area (Å²) in [4.78, 5) is 0. The van der Waals surface area contributed by atoms with E-state index in [9.17, 15) is 5.11 Å². The van der Waals surface area contributed by atoms with Crippen molar-refractivity contribution in [2.45, 2.75) is 37.1 Å². The Hall–Kier alpha value is 0.230. The van der Waals surface area contributed by atoms with Crippen LogP contribution in [0.5, 0.6) is 0 Å². The number of aliphatic hydroxyl groups excluding tert-OH is 1. The zero-order chi connectivity index (χ0) is 8.43. The molecule has 0 bridgehead atoms. The lowest BCUT2D eigenvalue weighted by Crippen LogP contribution is -2.44. The van der Waals surface area contributed by atoms with Crippen molar-refractivity contribution < 1.29 is 14.6 Å². The molecule has 1 rings (SSSR count). The molecule has 11 heavy (non-hydrogen) atoms. The van der Waals surface area contributed by atoms with Crippen LogP contribution in [-0.2, 0) is 9.47 Å². The van der Waals surface area contributed by atoms with Gasteiger partial charge in [-0.2, -0.15) is 12.6 Å². The van der Waals surface area contributed by atoms with E-state index in [1.54, 1.807) is 7.11 Å². The molecule has 4 heteroatoms. The van der Waals surface area contributed by atoms with Crippen LogP contribution in [0.15, 0.2) is 0 Å². The van der Waals surface area contributed by atoms with Gasteiger partial charge in [-0.05, 0) is 6.92 Å². The summed E-state index contributed by atoms with van der Waals surface area (Å²) in [6.45, 7) is 1.88. The highest BCUT2D eigenvalue weighted by Gasteiger charge is 2.32. The second kappa shape index (κ2) is 3.76. The molecule has 3 nitrogen and oxygen atoms in total. The van der Waals surface area contributed by atoms with Crippen molar-refractivity contribution in [3.63, 3.8) is 0 Å². The average molecular weight is 178 g/mol. The van der Waals surface area contributed by atoms with E-state index in [0.717, 1.165) is 0 Å². The minimum absolute atomic E-state index is 0.0490. The summed E-state index contributed by atoms with van der Waals surface area (Å²) in [5.74, 6) is 0. The topological polar surface area (TPSA) is 38.7 Å². The van der Waals surface area contributed by atoms with Gasteiger partial charge in [0.25, 0.3) is 0 Å². The van der Waals surface area contributed by atoms with Crippen LogP contribution in [0.25, 0.3) is 0 Å². The van der Waals surface area contributed by atoms with E-state index >= 15 is 0 Å². The molecule has 0 aromatic heterocycles. The van der Waals surface area contributed by atoms with Crippen molar-refractivity contribution in [3.05, 3.63) is 0 Å². The Balaban J connectivity index is 2.47. The Bertz CT molecular complexity index is 119. The molecule has 1 fully saturated rings. The van der Waals surface area contributed by atoms with Crippen molar-refractivity contribution in [3.8, 4) is 0 Å². The Morgan fingerprint density at radius 3 is 2.73 bits per heavy atom. The third kappa shape index (κ3) is 2.08. The molecular formula is C7H14O3S. The van der Waals surface area contributed by atoms with Gasteiger partial charge in [-0.25, -0.2) is 0 Å². The third-order valence-electron chi connectivity index (χ3n) is 1.94. The summed E-state index contributed by atoms with van der Waals surface area (Å²) >= 11 is 4.20. The summed E-state index contributed by atoms with van der Waals surface area (Å²) in [6.07, 6.45) is -0.239. The number of hydrogen-bond acceptors (Lipinski definition) is 4. The van der Waals surface area contributed by atoms with Crippen molar-refractivity contribution in [2.24, 2.45) is 0 Å². The fourth-order valence-corrected chi connectivity index (χ4v) is 1.37. The van der Waals surface area contributed by atoms with Gasteiger partial charge in [0.1, 0.15) is 0 Å². The molecule has 1 aliphatic heterocycles. The normalized spacial score (nSPS) is 45.8. The minimum atomic E-state index is -0.424. The molecule has 66 valence electrons. The molecule has 4 unspecified atom stereocenters. The molecular weight excluding hydrogens is 164 g/mol. The van der Waals surface area contributed by atoms with Crippen LogP contribution in [0.2, 0.25) is 0 Å². The third-order valence-corrected chi connectivity index (χ3v) is 2.70. The zero-order valence-electron chi connectivity index (χ0n) is 6.73. The van der Waals surface area contributed by atoms with E-state index in [1.165, 1.54) is 0 Å². The van der Waals surface area contributed by atoms with Gasteiger partial charge in [-0.15, -0.1) is 0 Å². The molecule has 1 saturated heterocycles. The predicted molar refractivity (Wildman–Crippen MR) is 44.7 cm³/mol. The molecule has 0 saturated carbocycles. The highest BCUT2D eigenvalue weighted by atomic mass is 32.1. The maximum Gasteiger partial charge on any atom is 0.160 e. The first-order valence-corrected chi connectivity index (χ1v) is 4.21. The van der Waals surface area contributed by atoms with Crippen LogP contribution in [0.1, 0.15) is 13.3 Å². The second-order valence-corrected chi connectivity index (χ2v) is 3.40. The van der Waals surface area contributed by atoms with Crippen molar-refractivity contribution in [1.82, 2.24) is 0 Å². The summed E-state index contributed by atoms with van der Waals surface area (Å²) < 4.78 is 10.3. The van der Waals surface area contributed by atoms with Crippen LogP contribution < -0.4 is 0 Å². The first kappa shape index (κ1) is 9.32. The van der Waals surface area contributed by atoms with E-state index in [4.69, 9.17) is 9.47 Å². The van der Waals surface area contributed by atoms with Crippen LogP contribution in [0.4, 0.5) is 0 Å². The quantitative estimate of drug-likeness (QED) is 0.572. The lowest BCUT2D eigenvalue weighted by Gasteiger charge is -2.34. The molecule has 1 heterocycles. The summed E-state index contributed by atoms with van der Waals surface area (Å²) in [5.41, 5.74) is 0. The maximum atomic E-state index is 9.41. The van der Waals surface area contributed by atoms with E-state index in [1.807, 2.05) is 6.92 Å². The molecule has 0 radical (unpaired) electrons. The number of aliphatic hydroxyl groups is 1. The number of hydrogen-bond donors (Lipinski definition) is 2. The number of rotatable bonds is 1. The van der Waals surface area contributed by atoms with Gasteiger partial charge < -0.3 is 14.6 Å². The van der Waals surface area contributed by atoms with Gasteiger partial charge in [0.05, 0.1) is 17.5 Å². The number of methoxy groups -OCH3 is 1. The molecule has 0 amide bonds. The maximum absolute atomic E-state index is 9.41. The lowest BCUT2D eigenvalue weighted by atomic mass is 10.1. The highest BCUT2D eigenvalue weighted by Crippen LogP contribution is 2.23. The Kier molecular flexibility index (Phi) is 3.18. The fraction of sp³-hybridized carbons (Fsp3) is 1.00. The molecule has 0 aliphatic carbocycles. The van der Waals surface area contributed by atoms with Crippen LogP contribution in [0.3, 0.4) is 0 Å². The van der Waals surface area contributed by atoms with Gasteiger partial charge in [0.2, 0.25) is 0 Å². The predicted octanol–water partition coefficient (Wildman–Crippen LogP) is 0.427. The second-order valence-electron chi connectivity index (χ2n) is 2.80. The SMILES string of the molecule is COC1CC(O)C(S)C(C)O1. The standard InChI is InChI=1S/C7H14O3S/c1-4-7(11)5(8)3-6(9-2)10-4/h4-8,11H,3H2,1-2H3. The molecule has 0 spiro atoms. The first-order chi connectivity index (χ1) is 5.15. The summed E-state index contributed by atoms with van der Waals surface area (Å²) in [6, 6.07) is 0. The molecule has 0 aromatic rings. The first-order valence-electron chi connectivity index (χ1n) is 3.69. The van der Waals surface area contributed by atoms with Gasteiger partial charge >= 0.3 is 0 Å². The van der Waals surface area contributed by atoms with E-state index in [2.05, 4.69) is 12.6 Å². The summed E-state index contributed by atoms with van der Waals surface area (Å²) in [5, 5.41) is 9.32. The zero-order valence-corrected chi connectivity index (χ0v) is 7.62. The Morgan fingerprint density at radius 1 is 1.64 bits per heavy atom. The molecule has 4 atom stereocenters. The van der Waals surface area contributed by atoms with Crippen LogP contribution in [-0.4, -0.2) is 36.0 Å². The Labute approximate surface area is 72.1 Å². The van der Waals surface area contributed by atoms with Crippen LogP contribution in [0, 0.1) is 0 Å². The van der Waals surface area contributed by atoms with Crippen molar-refractivity contribution in [1.29, 1.82) is 0 Å². The Morgan fingerprint density at radius 2 is 2.27 bits per heavy atom. The monoisotopic (exact) mass is 178 g/mol. The van der Waals surface area contributed by atoms with Crippen molar-refractivity contribution in [2.75, 3.05) is 7.11 Å². The molecule has 0 aromatic carbocycles. The largest absolute Gasteiger partial charge is 0.392 e. The fourth-order valence-electron chi connectivity index (χ4n) is 1.18. The van der Waals surface area contributed by atoms with Crippen molar-refractivity contribution >= 4 is 12.6 Å². The van der Waals surface area contributed by atoms with Gasteiger partial charge in [-0.1, -0.05) is 0 Å². The van der Waals surface area contributed by atoms with E-state index < -0.39 is 6.10 Å². The van der Waals surface area contributed by atoms with E-state index in [-0.39, 0.29) is 17.6 Å². The summed E-state index contributed by atoms with van der Waals surface area (Å²) in [7, 11) is 1.57. The molecule has 1 aliphatic rings. The lowest BCUT2D eigenvalue weighted by molar-refractivity contribution is -0.195. The molecule has 1 N–H and O–H groups in total. The van der Waals surface area contributed by atoms with E-state index in [0.29, 0.717) is 6.42 Å². The van der Waals surface area contributed by atoms with Gasteiger partial charge in [-0.3, -0.25) is 0 Å². The minimum Gasteiger partial charge on any atom is -0.392 e. The van der Waals surface area contributed by atoms with Gasteiger partial charge in [0, 0.05) is 13.5 Å². The average Bonchev–Trinajstić information content (AvgIpc) is 1.99.